The summed E-state index contributed by atoms with van der Waals surface area (Å²) in [4.78, 5) is 21.9. The first-order valence-corrected chi connectivity index (χ1v) is 14.9. The van der Waals surface area contributed by atoms with Gasteiger partial charge in [0.1, 0.15) is 5.52 Å². The summed E-state index contributed by atoms with van der Waals surface area (Å²) in [5.41, 5.74) is 16.0. The number of hydrogen-bond donors (Lipinski definition) is 2. The number of amides is 1. The number of fused-ring (bicyclic) bond motifs is 2. The van der Waals surface area contributed by atoms with Gasteiger partial charge >= 0.3 is 0 Å². The molecule has 0 unspecified atom stereocenters. The number of halogens is 1. The SMILES string of the molecule is Cc1ccc(S(=O)(=O)n2cc(-c3ccc(C(N)=O)c(C)c3C)c3nc(-c4cc(C)c5c(c4)CCNC5)cnc32)cc1.Cl. The van der Waals surface area contributed by atoms with E-state index in [1.807, 2.05) is 20.8 Å². The van der Waals surface area contributed by atoms with E-state index in [4.69, 9.17) is 10.7 Å². The Labute approximate surface area is 251 Å². The summed E-state index contributed by atoms with van der Waals surface area (Å²) in [6.45, 7) is 9.51. The molecule has 0 saturated heterocycles. The number of nitrogens with two attached hydrogens (primary N) is 1. The number of benzene rings is 3. The van der Waals surface area contributed by atoms with E-state index in [0.717, 1.165) is 47.3 Å². The van der Waals surface area contributed by atoms with Gasteiger partial charge in [-0.15, -0.1) is 12.4 Å². The summed E-state index contributed by atoms with van der Waals surface area (Å²) in [5, 5.41) is 3.43. The summed E-state index contributed by atoms with van der Waals surface area (Å²) in [7, 11) is -3.98. The molecule has 1 amide bonds. The molecule has 0 atom stereocenters. The molecule has 0 radical (unpaired) electrons. The molecule has 6 rings (SSSR count). The molecule has 3 N–H and O–H groups in total. The zero-order chi connectivity index (χ0) is 29.1. The summed E-state index contributed by atoms with van der Waals surface area (Å²) in [5.74, 6) is -0.512. The highest BCUT2D eigenvalue weighted by atomic mass is 35.5. The lowest BCUT2D eigenvalue weighted by atomic mass is 9.93. The molecule has 10 heteroatoms. The average molecular weight is 602 g/mol. The number of hydrogen-bond acceptors (Lipinski definition) is 6. The van der Waals surface area contributed by atoms with Crippen LogP contribution in [-0.2, 0) is 23.0 Å². The van der Waals surface area contributed by atoms with Gasteiger partial charge in [-0.2, -0.15) is 0 Å². The van der Waals surface area contributed by atoms with Crippen molar-refractivity contribution in [3.05, 3.63) is 99.9 Å². The van der Waals surface area contributed by atoms with Gasteiger partial charge < -0.3 is 11.1 Å². The van der Waals surface area contributed by atoms with Crippen LogP contribution in [0.2, 0.25) is 0 Å². The van der Waals surface area contributed by atoms with Gasteiger partial charge in [0, 0.05) is 29.4 Å². The highest BCUT2D eigenvalue weighted by molar-refractivity contribution is 7.90. The van der Waals surface area contributed by atoms with Crippen molar-refractivity contribution in [3.63, 3.8) is 0 Å². The van der Waals surface area contributed by atoms with Crippen molar-refractivity contribution in [2.45, 2.75) is 45.6 Å². The molecule has 0 bridgehead atoms. The number of nitrogens with one attached hydrogen (secondary N) is 1. The van der Waals surface area contributed by atoms with E-state index in [1.54, 1.807) is 48.8 Å². The van der Waals surface area contributed by atoms with E-state index in [2.05, 4.69) is 29.4 Å². The minimum Gasteiger partial charge on any atom is -0.366 e. The molecular weight excluding hydrogens is 570 g/mol. The topological polar surface area (TPSA) is 120 Å². The smallest absolute Gasteiger partial charge is 0.269 e. The normalized spacial score (nSPS) is 13.0. The van der Waals surface area contributed by atoms with Crippen LogP contribution < -0.4 is 11.1 Å². The lowest BCUT2D eigenvalue weighted by Gasteiger charge is -2.20. The van der Waals surface area contributed by atoms with Crippen LogP contribution in [0.4, 0.5) is 0 Å². The molecule has 5 aromatic rings. The van der Waals surface area contributed by atoms with Crippen LogP contribution in [0.15, 0.2) is 65.8 Å². The Morgan fingerprint density at radius 2 is 1.71 bits per heavy atom. The minimum atomic E-state index is -3.98. The first-order chi connectivity index (χ1) is 19.6. The van der Waals surface area contributed by atoms with E-state index in [9.17, 15) is 13.2 Å². The van der Waals surface area contributed by atoms with Crippen molar-refractivity contribution >= 4 is 39.5 Å². The van der Waals surface area contributed by atoms with Crippen LogP contribution in [0.1, 0.15) is 43.7 Å². The molecule has 1 aliphatic rings. The number of nitrogens with zero attached hydrogens (tertiary/aromatic N) is 3. The summed E-state index contributed by atoms with van der Waals surface area (Å²) < 4.78 is 29.0. The maximum atomic E-state index is 13.9. The van der Waals surface area contributed by atoms with Crippen molar-refractivity contribution in [1.82, 2.24) is 19.3 Å². The number of carbonyl (C=O) groups excluding carboxylic acids is 1. The van der Waals surface area contributed by atoms with Crippen LogP contribution >= 0.6 is 12.4 Å². The van der Waals surface area contributed by atoms with Gasteiger partial charge in [-0.3, -0.25) is 4.79 Å². The van der Waals surface area contributed by atoms with E-state index in [-0.39, 0.29) is 22.9 Å². The number of rotatable bonds is 5. The summed E-state index contributed by atoms with van der Waals surface area (Å²) in [6.07, 6.45) is 4.16. The van der Waals surface area contributed by atoms with Crippen molar-refractivity contribution in [1.29, 1.82) is 0 Å². The quantitative estimate of drug-likeness (QED) is 0.278. The molecule has 0 aliphatic carbocycles. The zero-order valence-corrected chi connectivity index (χ0v) is 25.5. The Hall–Kier alpha value is -4.05. The van der Waals surface area contributed by atoms with E-state index in [1.165, 1.54) is 20.7 Å². The third-order valence-corrected chi connectivity index (χ3v) is 9.78. The highest BCUT2D eigenvalue weighted by Gasteiger charge is 2.26. The molecule has 216 valence electrons. The van der Waals surface area contributed by atoms with Crippen molar-refractivity contribution < 1.29 is 13.2 Å². The first kappa shape index (κ1) is 29.4. The Morgan fingerprint density at radius 1 is 0.976 bits per heavy atom. The van der Waals surface area contributed by atoms with Crippen LogP contribution in [0.5, 0.6) is 0 Å². The van der Waals surface area contributed by atoms with Crippen molar-refractivity contribution in [2.24, 2.45) is 5.73 Å². The fraction of sp³-hybridized carbons (Fsp3) is 0.219. The number of carbonyl (C=O) groups is 1. The van der Waals surface area contributed by atoms with Gasteiger partial charge in [-0.1, -0.05) is 23.8 Å². The summed E-state index contributed by atoms with van der Waals surface area (Å²) in [6, 6.07) is 14.5. The second-order valence-corrected chi connectivity index (χ2v) is 12.5. The first-order valence-electron chi connectivity index (χ1n) is 13.5. The van der Waals surface area contributed by atoms with Crippen LogP contribution in [-0.4, -0.2) is 34.8 Å². The monoisotopic (exact) mass is 601 g/mol. The van der Waals surface area contributed by atoms with Crippen LogP contribution in [0, 0.1) is 27.7 Å². The molecule has 0 saturated carbocycles. The Kier molecular flexibility index (Phi) is 7.70. The molecule has 0 spiro atoms. The lowest BCUT2D eigenvalue weighted by molar-refractivity contribution is 0.0999. The summed E-state index contributed by atoms with van der Waals surface area (Å²) >= 11 is 0. The average Bonchev–Trinajstić information content (AvgIpc) is 3.34. The van der Waals surface area contributed by atoms with Gasteiger partial charge in [-0.05, 0) is 104 Å². The minimum absolute atomic E-state index is 0. The van der Waals surface area contributed by atoms with E-state index >= 15 is 0 Å². The molecule has 3 heterocycles. The number of aromatic nitrogens is 3. The van der Waals surface area contributed by atoms with E-state index in [0.29, 0.717) is 22.3 Å². The molecular formula is C32H32ClN5O3S. The maximum absolute atomic E-state index is 13.9. The van der Waals surface area contributed by atoms with Crippen LogP contribution in [0.3, 0.4) is 0 Å². The van der Waals surface area contributed by atoms with Gasteiger partial charge in [0.25, 0.3) is 10.0 Å². The van der Waals surface area contributed by atoms with E-state index < -0.39 is 15.9 Å². The highest BCUT2D eigenvalue weighted by Crippen LogP contribution is 2.36. The van der Waals surface area contributed by atoms with Gasteiger partial charge in [-0.25, -0.2) is 22.4 Å². The molecule has 8 nitrogen and oxygen atoms in total. The standard InChI is InChI=1S/C32H31N5O3S.ClH/c1-18-5-7-24(8-6-18)41(39,40)37-17-28(25-9-10-26(31(33)38)21(4)20(25)3)30-32(37)35-16-29(36-30)23-13-19(2)27-15-34-12-11-22(27)14-23;/h5-10,13-14,16-17,34H,11-12,15H2,1-4H3,(H2,33,38);1H. The van der Waals surface area contributed by atoms with Gasteiger partial charge in [0.2, 0.25) is 5.91 Å². The largest absolute Gasteiger partial charge is 0.366 e. The molecule has 3 aromatic carbocycles. The Balaban J connectivity index is 0.00000353. The van der Waals surface area contributed by atoms with Gasteiger partial charge in [0.05, 0.1) is 16.8 Å². The maximum Gasteiger partial charge on any atom is 0.269 e. The predicted octanol–water partition coefficient (Wildman–Crippen LogP) is 5.40. The van der Waals surface area contributed by atoms with Crippen molar-refractivity contribution in [2.75, 3.05) is 6.54 Å². The third-order valence-electron chi connectivity index (χ3n) is 8.12. The third kappa shape index (κ3) is 4.87. The zero-order valence-electron chi connectivity index (χ0n) is 23.9. The second kappa shape index (κ2) is 11.0. The molecule has 0 fully saturated rings. The fourth-order valence-corrected chi connectivity index (χ4v) is 6.95. The Morgan fingerprint density at radius 3 is 2.43 bits per heavy atom. The predicted molar refractivity (Wildman–Crippen MR) is 168 cm³/mol. The van der Waals surface area contributed by atoms with Crippen molar-refractivity contribution in [3.8, 4) is 22.4 Å². The molecule has 2 aromatic heterocycles. The molecule has 1 aliphatic heterocycles. The van der Waals surface area contributed by atoms with Crippen LogP contribution in [0.25, 0.3) is 33.5 Å². The number of aryl methyl sites for hydroxylation is 2. The Bertz CT molecular complexity index is 1980. The fourth-order valence-electron chi connectivity index (χ4n) is 5.64. The molecule has 42 heavy (non-hydrogen) atoms. The van der Waals surface area contributed by atoms with Gasteiger partial charge in [0.15, 0.2) is 5.65 Å². The number of primary amides is 1. The second-order valence-electron chi connectivity index (χ2n) is 10.7. The lowest BCUT2D eigenvalue weighted by Crippen LogP contribution is -2.24.